The van der Waals surface area contributed by atoms with Crippen LogP contribution in [0.4, 0.5) is 11.4 Å². The van der Waals surface area contributed by atoms with Crippen molar-refractivity contribution in [3.8, 4) is 0 Å². The van der Waals surface area contributed by atoms with Crippen molar-refractivity contribution >= 4 is 28.6 Å². The first kappa shape index (κ1) is 16.9. The topological polar surface area (TPSA) is 48.5 Å². The molecule has 3 rings (SSSR count). The van der Waals surface area contributed by atoms with Gasteiger partial charge in [-0.2, -0.15) is 0 Å². The van der Waals surface area contributed by atoms with E-state index < -0.39 is 0 Å². The number of aryl methyl sites for hydroxylation is 1. The van der Waals surface area contributed by atoms with Crippen LogP contribution in [0.25, 0.3) is 0 Å². The average Bonchev–Trinajstić information content (AvgIpc) is 3.02. The first-order valence-electron chi connectivity index (χ1n) is 8.28. The molecule has 24 heavy (non-hydrogen) atoms. The largest absolute Gasteiger partial charge is 0.372 e. The summed E-state index contributed by atoms with van der Waals surface area (Å²) in [7, 11) is 4.33. The van der Waals surface area contributed by atoms with Crippen LogP contribution in [-0.4, -0.2) is 49.0 Å². The van der Waals surface area contributed by atoms with E-state index in [4.69, 9.17) is 0 Å². The van der Waals surface area contributed by atoms with E-state index in [-0.39, 0.29) is 5.91 Å². The fraction of sp³-hybridized carbons (Fsp3) is 0.444. The Labute approximate surface area is 147 Å². The van der Waals surface area contributed by atoms with Gasteiger partial charge in [-0.25, -0.2) is 4.98 Å². The molecule has 0 radical (unpaired) electrons. The molecule has 0 saturated carbocycles. The van der Waals surface area contributed by atoms with Gasteiger partial charge in [-0.05, 0) is 64.2 Å². The highest BCUT2D eigenvalue weighted by Crippen LogP contribution is 2.23. The van der Waals surface area contributed by atoms with E-state index in [0.717, 1.165) is 23.8 Å². The van der Waals surface area contributed by atoms with Crippen molar-refractivity contribution in [3.63, 3.8) is 0 Å². The Morgan fingerprint density at radius 2 is 1.96 bits per heavy atom. The van der Waals surface area contributed by atoms with Crippen molar-refractivity contribution in [2.24, 2.45) is 0 Å². The molecule has 0 atom stereocenters. The smallest absolute Gasteiger partial charge is 0.275 e. The molecule has 0 spiro atoms. The quantitative estimate of drug-likeness (QED) is 0.925. The Morgan fingerprint density at radius 1 is 1.29 bits per heavy atom. The number of carbonyl (C=O) groups is 1. The van der Waals surface area contributed by atoms with Crippen molar-refractivity contribution in [2.45, 2.75) is 25.8 Å². The number of thiazole rings is 1. The summed E-state index contributed by atoms with van der Waals surface area (Å²) in [5.41, 5.74) is 2.46. The molecule has 5 nitrogen and oxygen atoms in total. The van der Waals surface area contributed by atoms with Crippen LogP contribution in [0.2, 0.25) is 0 Å². The molecule has 1 aliphatic heterocycles. The van der Waals surface area contributed by atoms with Gasteiger partial charge >= 0.3 is 0 Å². The molecule has 2 heterocycles. The zero-order valence-corrected chi connectivity index (χ0v) is 15.3. The second-order valence-corrected chi connectivity index (χ2v) is 7.46. The number of carbonyl (C=O) groups excluding carboxylic acids is 1. The van der Waals surface area contributed by atoms with Crippen LogP contribution < -0.4 is 10.2 Å². The van der Waals surface area contributed by atoms with E-state index in [9.17, 15) is 4.79 Å². The Bertz CT molecular complexity index is 689. The minimum atomic E-state index is -0.157. The van der Waals surface area contributed by atoms with Crippen molar-refractivity contribution in [1.82, 2.24) is 9.88 Å². The second-order valence-electron chi connectivity index (χ2n) is 6.40. The van der Waals surface area contributed by atoms with E-state index in [0.29, 0.717) is 11.7 Å². The molecule has 6 heteroatoms. The van der Waals surface area contributed by atoms with E-state index in [1.165, 1.54) is 29.9 Å². The van der Waals surface area contributed by atoms with E-state index in [2.05, 4.69) is 46.3 Å². The number of rotatable bonds is 4. The minimum Gasteiger partial charge on any atom is -0.372 e. The van der Waals surface area contributed by atoms with Gasteiger partial charge in [0.2, 0.25) is 0 Å². The molecule has 128 valence electrons. The van der Waals surface area contributed by atoms with Gasteiger partial charge in [0.25, 0.3) is 5.91 Å². The van der Waals surface area contributed by atoms with Crippen LogP contribution in [0.1, 0.15) is 28.3 Å². The molecule has 1 saturated heterocycles. The van der Waals surface area contributed by atoms with Crippen molar-refractivity contribution in [3.05, 3.63) is 40.3 Å². The lowest BCUT2D eigenvalue weighted by atomic mass is 10.0. The maximum absolute atomic E-state index is 12.1. The fourth-order valence-corrected chi connectivity index (χ4v) is 3.63. The van der Waals surface area contributed by atoms with Crippen LogP contribution in [-0.2, 0) is 0 Å². The van der Waals surface area contributed by atoms with Crippen molar-refractivity contribution in [1.29, 1.82) is 0 Å². The third-order valence-electron chi connectivity index (χ3n) is 4.62. The number of piperidine rings is 1. The van der Waals surface area contributed by atoms with Crippen molar-refractivity contribution < 1.29 is 4.79 Å². The van der Waals surface area contributed by atoms with E-state index in [1.54, 1.807) is 5.38 Å². The maximum Gasteiger partial charge on any atom is 0.275 e. The molecule has 2 aromatic rings. The number of amides is 1. The Balaban J connectivity index is 1.61. The summed E-state index contributed by atoms with van der Waals surface area (Å²) >= 11 is 1.48. The third-order valence-corrected chi connectivity index (χ3v) is 5.39. The van der Waals surface area contributed by atoms with Gasteiger partial charge in [0.1, 0.15) is 5.69 Å². The van der Waals surface area contributed by atoms with Crippen LogP contribution >= 0.6 is 11.3 Å². The maximum atomic E-state index is 12.1. The van der Waals surface area contributed by atoms with Crippen LogP contribution in [0.5, 0.6) is 0 Å². The molecule has 1 aromatic heterocycles. The van der Waals surface area contributed by atoms with Crippen LogP contribution in [0.3, 0.4) is 0 Å². The number of aromatic nitrogens is 1. The van der Waals surface area contributed by atoms with Crippen LogP contribution in [0, 0.1) is 6.92 Å². The highest BCUT2D eigenvalue weighted by molar-refractivity contribution is 7.09. The van der Waals surface area contributed by atoms with Crippen molar-refractivity contribution in [2.75, 3.05) is 37.4 Å². The zero-order valence-electron chi connectivity index (χ0n) is 14.5. The standard InChI is InChI=1S/C18H24N4OS/c1-13-19-17(12-24-13)18(23)20-14-4-6-15(7-5-14)22(3)16-8-10-21(2)11-9-16/h4-7,12,16H,8-11H2,1-3H3,(H,20,23). The zero-order chi connectivity index (χ0) is 17.1. The molecule has 1 aliphatic rings. The Kier molecular flexibility index (Phi) is 5.16. The van der Waals surface area contributed by atoms with E-state index >= 15 is 0 Å². The second kappa shape index (κ2) is 7.32. The number of hydrogen-bond acceptors (Lipinski definition) is 5. The number of benzene rings is 1. The normalized spacial score (nSPS) is 16.1. The van der Waals surface area contributed by atoms with E-state index in [1.807, 2.05) is 19.1 Å². The summed E-state index contributed by atoms with van der Waals surface area (Å²) in [5, 5.41) is 5.59. The average molecular weight is 344 g/mol. The molecule has 1 fully saturated rings. The summed E-state index contributed by atoms with van der Waals surface area (Å²) in [6.07, 6.45) is 2.38. The fourth-order valence-electron chi connectivity index (χ4n) is 3.04. The van der Waals surface area contributed by atoms with Gasteiger partial charge in [-0.15, -0.1) is 11.3 Å². The molecule has 0 aliphatic carbocycles. The predicted molar refractivity (Wildman–Crippen MR) is 100 cm³/mol. The highest BCUT2D eigenvalue weighted by Gasteiger charge is 2.20. The summed E-state index contributed by atoms with van der Waals surface area (Å²) in [5.74, 6) is -0.157. The first-order chi connectivity index (χ1) is 11.5. The molecule has 1 N–H and O–H groups in total. The Morgan fingerprint density at radius 3 is 2.54 bits per heavy atom. The SMILES string of the molecule is Cc1nc(C(=O)Nc2ccc(N(C)C3CCN(C)CC3)cc2)cs1. The highest BCUT2D eigenvalue weighted by atomic mass is 32.1. The summed E-state index contributed by atoms with van der Waals surface area (Å²) in [6, 6.07) is 8.63. The predicted octanol–water partition coefficient (Wildman–Crippen LogP) is 3.23. The van der Waals surface area contributed by atoms with Gasteiger partial charge in [0.15, 0.2) is 0 Å². The van der Waals surface area contributed by atoms with Gasteiger partial charge in [-0.3, -0.25) is 4.79 Å². The molecule has 0 unspecified atom stereocenters. The monoisotopic (exact) mass is 344 g/mol. The lowest BCUT2D eigenvalue weighted by Gasteiger charge is -2.36. The van der Waals surface area contributed by atoms with Gasteiger partial charge in [0.05, 0.1) is 5.01 Å². The lowest BCUT2D eigenvalue weighted by Crippen LogP contribution is -2.41. The number of hydrogen-bond donors (Lipinski definition) is 1. The molecular weight excluding hydrogens is 320 g/mol. The Hall–Kier alpha value is -1.92. The lowest BCUT2D eigenvalue weighted by molar-refractivity contribution is 0.102. The minimum absolute atomic E-state index is 0.157. The van der Waals surface area contributed by atoms with Gasteiger partial charge in [-0.1, -0.05) is 0 Å². The van der Waals surface area contributed by atoms with Gasteiger partial charge in [0, 0.05) is 29.8 Å². The molecule has 1 aromatic carbocycles. The first-order valence-corrected chi connectivity index (χ1v) is 9.16. The number of anilines is 2. The third kappa shape index (κ3) is 3.94. The summed E-state index contributed by atoms with van der Waals surface area (Å²) < 4.78 is 0. The number of nitrogens with zero attached hydrogens (tertiary/aromatic N) is 3. The van der Waals surface area contributed by atoms with Crippen LogP contribution in [0.15, 0.2) is 29.6 Å². The molecule has 1 amide bonds. The summed E-state index contributed by atoms with van der Waals surface area (Å²) in [4.78, 5) is 21.1. The number of nitrogens with one attached hydrogen (secondary N) is 1. The molecule has 0 bridgehead atoms. The molecular formula is C18H24N4OS. The number of likely N-dealkylation sites (tertiary alicyclic amines) is 1. The summed E-state index contributed by atoms with van der Waals surface area (Å²) in [6.45, 7) is 4.20. The van der Waals surface area contributed by atoms with Gasteiger partial charge < -0.3 is 15.1 Å².